The number of carboxylic acid groups (broad SMARTS) is 1. The molecule has 4 aromatic carbocycles. The van der Waals surface area contributed by atoms with Crippen molar-refractivity contribution in [3.05, 3.63) is 120 Å². The Kier molecular flexibility index (Phi) is 24.2. The Hall–Kier alpha value is -6.12. The Morgan fingerprint density at radius 1 is 0.567 bits per heavy atom. The molecule has 2 aliphatic heterocycles. The Balaban J connectivity index is 0.000000536. The standard InChI is InChI=1S/C21H17N3O3.C20H15N3O3.6C2H6.Na.H2O/c1-12-15-7-6-14(21(26)27-2)10-17(15)23-11-18(25)22-24-9-8-13-4-3-5-16(19(12)23)20(13)24;1-11-14-6-5-13(20(25)26)9-16(14)22-10-17(24)21-23-8-7-12-3-2-4-15(18(11)22)19(12)23;6*1-2;;/h3-10H,11H2,1-2H3,(H,22,25);2-9H,10H2,1H3,(H,21,24)(H,25,26);6*1-2H3;;1H2/q;;;;;;;;+1;/p-1. The van der Waals surface area contributed by atoms with Crippen LogP contribution in [0.4, 0.5) is 0 Å². The van der Waals surface area contributed by atoms with E-state index in [4.69, 9.17) is 4.74 Å². The number of rotatable bonds is 2. The summed E-state index contributed by atoms with van der Waals surface area (Å²) in [6, 6.07) is 26.7. The summed E-state index contributed by atoms with van der Waals surface area (Å²) in [6.45, 7) is 28.4. The maximum atomic E-state index is 12.6. The van der Waals surface area contributed by atoms with E-state index in [1.807, 2.05) is 166 Å². The van der Waals surface area contributed by atoms with E-state index in [1.54, 1.807) is 33.6 Å². The molecule has 0 spiro atoms. The number of carboxylic acids is 1. The van der Waals surface area contributed by atoms with Gasteiger partial charge >= 0.3 is 41.5 Å². The number of amides is 2. The third kappa shape index (κ3) is 11.5. The van der Waals surface area contributed by atoms with Gasteiger partial charge in [0.25, 0.3) is 11.8 Å². The molecule has 10 rings (SSSR count). The number of fused-ring (bicyclic) bond motifs is 8. The summed E-state index contributed by atoms with van der Waals surface area (Å²) in [5.74, 6) is -1.65. The van der Waals surface area contributed by atoms with Crippen molar-refractivity contribution in [1.82, 2.24) is 18.5 Å². The van der Waals surface area contributed by atoms with Gasteiger partial charge in [-0.2, -0.15) is 0 Å². The predicted molar refractivity (Wildman–Crippen MR) is 272 cm³/mol. The number of hydrogen-bond acceptors (Lipinski definition) is 6. The topological polar surface area (TPSA) is 172 Å². The van der Waals surface area contributed by atoms with Gasteiger partial charge in [-0.3, -0.25) is 29.8 Å². The van der Waals surface area contributed by atoms with Crippen molar-refractivity contribution in [3.63, 3.8) is 0 Å². The van der Waals surface area contributed by atoms with Crippen LogP contribution in [-0.4, -0.2) is 59.9 Å². The molecule has 0 saturated carbocycles. The van der Waals surface area contributed by atoms with Crippen LogP contribution in [0.25, 0.3) is 66.1 Å². The van der Waals surface area contributed by atoms with Gasteiger partial charge < -0.3 is 24.5 Å². The average Bonchev–Trinajstić information content (AvgIpc) is 4.10. The number of nitrogens with one attached hydrogen (secondary N) is 2. The van der Waals surface area contributed by atoms with E-state index in [0.717, 1.165) is 77.3 Å². The van der Waals surface area contributed by atoms with E-state index in [0.29, 0.717) is 5.56 Å². The molecule has 13 nitrogen and oxygen atoms in total. The predicted octanol–water partition coefficient (Wildman–Crippen LogP) is 9.78. The zero-order valence-corrected chi connectivity index (χ0v) is 44.4. The van der Waals surface area contributed by atoms with E-state index in [2.05, 4.69) is 23.8 Å². The number of hydrogen-bond donors (Lipinski definition) is 3. The summed E-state index contributed by atoms with van der Waals surface area (Å²) in [5.41, 5.74) is 16.1. The number of para-hydroxylation sites is 2. The van der Waals surface area contributed by atoms with Crippen LogP contribution < -0.4 is 40.4 Å². The van der Waals surface area contributed by atoms with Crippen LogP contribution in [0.15, 0.2) is 97.3 Å². The molecule has 2 aliphatic rings. The fraction of sp³-hybridized carbons (Fsp3) is 0.321. The van der Waals surface area contributed by atoms with Crippen molar-refractivity contribution in [2.75, 3.05) is 18.0 Å². The summed E-state index contributed by atoms with van der Waals surface area (Å²) in [4.78, 5) is 48.6. The molecular formula is C53H69N6NaO7. The molecule has 4 N–H and O–H groups in total. The molecule has 4 aromatic heterocycles. The summed E-state index contributed by atoms with van der Waals surface area (Å²) in [7, 11) is 1.36. The minimum Gasteiger partial charge on any atom is -0.870 e. The Morgan fingerprint density at radius 2 is 0.940 bits per heavy atom. The number of nitrogens with zero attached hydrogens (tertiary/aromatic N) is 4. The molecule has 14 heteroatoms. The first-order valence-corrected chi connectivity index (χ1v) is 23.0. The van der Waals surface area contributed by atoms with Crippen LogP contribution in [0.1, 0.15) is 115 Å². The smallest absolute Gasteiger partial charge is 0.870 e. The molecule has 8 aromatic rings. The van der Waals surface area contributed by atoms with E-state index in [9.17, 15) is 24.3 Å². The number of ether oxygens (including phenoxy) is 1. The number of benzene rings is 4. The first kappa shape index (κ1) is 58.9. The van der Waals surface area contributed by atoms with Crippen molar-refractivity contribution in [2.24, 2.45) is 0 Å². The fourth-order valence-corrected chi connectivity index (χ4v) is 8.03. The van der Waals surface area contributed by atoms with E-state index in [-0.39, 0.29) is 65.5 Å². The molecule has 6 heterocycles. The summed E-state index contributed by atoms with van der Waals surface area (Å²) < 4.78 is 12.3. The number of methoxy groups -OCH3 is 1. The third-order valence-electron chi connectivity index (χ3n) is 10.3. The van der Waals surface area contributed by atoms with Gasteiger partial charge in [0, 0.05) is 45.1 Å². The largest absolute Gasteiger partial charge is 1.00 e. The number of aromatic carboxylic acids is 1. The molecular weight excluding hydrogens is 856 g/mol. The summed E-state index contributed by atoms with van der Waals surface area (Å²) in [5, 5.41) is 13.4. The molecule has 0 atom stereocenters. The van der Waals surface area contributed by atoms with Crippen molar-refractivity contribution >= 4 is 67.4 Å². The molecule has 67 heavy (non-hydrogen) atoms. The number of carbonyl (C=O) groups is 4. The van der Waals surface area contributed by atoms with Gasteiger partial charge in [0.05, 0.1) is 51.7 Å². The Bertz CT molecular complexity index is 2920. The maximum Gasteiger partial charge on any atom is 1.00 e. The Labute approximate surface area is 417 Å². The molecule has 0 fully saturated rings. The number of esters is 1. The second-order valence-electron chi connectivity index (χ2n) is 13.3. The minimum atomic E-state index is -0.980. The van der Waals surface area contributed by atoms with Gasteiger partial charge in [0.2, 0.25) is 0 Å². The number of carbonyl (C=O) groups excluding carboxylic acids is 3. The van der Waals surface area contributed by atoms with E-state index < -0.39 is 11.9 Å². The van der Waals surface area contributed by atoms with Gasteiger partial charge in [-0.15, -0.1) is 0 Å². The van der Waals surface area contributed by atoms with Crippen molar-refractivity contribution in [1.29, 1.82) is 0 Å². The van der Waals surface area contributed by atoms with Crippen molar-refractivity contribution < 1.29 is 64.1 Å². The summed E-state index contributed by atoms with van der Waals surface area (Å²) in [6.07, 6.45) is 3.72. The van der Waals surface area contributed by atoms with Crippen molar-refractivity contribution in [3.8, 4) is 22.5 Å². The average molecular weight is 925 g/mol. The normalized spacial score (nSPS) is 11.0. The van der Waals surface area contributed by atoms with Gasteiger partial charge in [0.1, 0.15) is 13.1 Å². The van der Waals surface area contributed by atoms with Gasteiger partial charge in [0.15, 0.2) is 0 Å². The van der Waals surface area contributed by atoms with E-state index >= 15 is 0 Å². The zero-order chi connectivity index (χ0) is 48.7. The van der Waals surface area contributed by atoms with Gasteiger partial charge in [-0.1, -0.05) is 132 Å². The number of aryl methyl sites for hydroxylation is 2. The quantitative estimate of drug-likeness (QED) is 0.114. The molecule has 0 bridgehead atoms. The van der Waals surface area contributed by atoms with Crippen LogP contribution in [-0.2, 0) is 27.4 Å². The SMILES string of the molecule is CC.CC.CC.CC.CC.CC.COC(=O)c1ccc2c(C)c3n(c2c1)CC(=O)Nn1ccc2cccc-3c21.Cc1c2n(c3cc(C(=O)O)ccc13)CC(=O)Nn1ccc3cccc-2c31.[Na+].[OH-]. The second kappa shape index (κ2) is 27.5. The van der Waals surface area contributed by atoms with Crippen LogP contribution in [0, 0.1) is 13.8 Å². The van der Waals surface area contributed by atoms with Crippen LogP contribution in [0.5, 0.6) is 0 Å². The van der Waals surface area contributed by atoms with Crippen LogP contribution in [0.2, 0.25) is 0 Å². The van der Waals surface area contributed by atoms with Crippen LogP contribution in [0.3, 0.4) is 0 Å². The molecule has 0 unspecified atom stereocenters. The van der Waals surface area contributed by atoms with Crippen molar-refractivity contribution in [2.45, 2.75) is 110 Å². The molecule has 354 valence electrons. The molecule has 2 amide bonds. The second-order valence-corrected chi connectivity index (χ2v) is 13.3. The monoisotopic (exact) mass is 925 g/mol. The molecule has 0 saturated heterocycles. The first-order valence-electron chi connectivity index (χ1n) is 23.0. The Morgan fingerprint density at radius 3 is 1.31 bits per heavy atom. The van der Waals surface area contributed by atoms with E-state index in [1.165, 1.54) is 7.11 Å². The fourth-order valence-electron chi connectivity index (χ4n) is 8.03. The molecule has 0 radical (unpaired) electrons. The molecule has 0 aliphatic carbocycles. The third-order valence-corrected chi connectivity index (χ3v) is 10.3. The first-order chi connectivity index (χ1) is 31.6. The van der Waals surface area contributed by atoms with Gasteiger partial charge in [-0.05, 0) is 61.4 Å². The summed E-state index contributed by atoms with van der Waals surface area (Å²) >= 11 is 0. The minimum absolute atomic E-state index is 0. The van der Waals surface area contributed by atoms with Gasteiger partial charge in [-0.25, -0.2) is 9.59 Å². The van der Waals surface area contributed by atoms with Crippen LogP contribution >= 0.6 is 0 Å². The zero-order valence-electron chi connectivity index (χ0n) is 42.4. The maximum absolute atomic E-state index is 12.6. The number of aromatic nitrogens is 4.